The average molecular weight is 171 g/mol. The molecule has 0 saturated carbocycles. The predicted octanol–water partition coefficient (Wildman–Crippen LogP) is 1.75. The molecule has 2 nitrogen and oxygen atoms in total. The molecule has 0 spiro atoms. The summed E-state index contributed by atoms with van der Waals surface area (Å²) in [5, 5.41) is 0. The second-order valence-corrected chi connectivity index (χ2v) is 4.11. The fourth-order valence-electron chi connectivity index (χ4n) is 1.65. The van der Waals surface area contributed by atoms with Crippen molar-refractivity contribution in [2.45, 2.75) is 33.3 Å². The summed E-state index contributed by atoms with van der Waals surface area (Å²) in [4.78, 5) is 2.49. The highest BCUT2D eigenvalue weighted by Gasteiger charge is 2.17. The summed E-state index contributed by atoms with van der Waals surface area (Å²) in [6, 6.07) is 0. The molecule has 0 N–H and O–H groups in total. The van der Waals surface area contributed by atoms with Crippen molar-refractivity contribution in [1.29, 1.82) is 0 Å². The molecule has 0 aliphatic carbocycles. The van der Waals surface area contributed by atoms with Crippen molar-refractivity contribution in [2.75, 3.05) is 26.2 Å². The number of ether oxygens (including phenoxy) is 1. The second kappa shape index (κ2) is 4.83. The van der Waals surface area contributed by atoms with Gasteiger partial charge < -0.3 is 9.64 Å². The molecule has 0 aromatic heterocycles. The molecule has 1 rings (SSSR count). The molecule has 1 unspecified atom stereocenters. The lowest BCUT2D eigenvalue weighted by molar-refractivity contribution is 0.0630. The van der Waals surface area contributed by atoms with Gasteiger partial charge in [-0.25, -0.2) is 0 Å². The van der Waals surface area contributed by atoms with E-state index in [1.807, 2.05) is 0 Å². The molecule has 0 amide bonds. The summed E-state index contributed by atoms with van der Waals surface area (Å²) in [7, 11) is 0. The zero-order valence-electron chi connectivity index (χ0n) is 8.55. The molecule has 0 aromatic rings. The first kappa shape index (κ1) is 10.0. The standard InChI is InChI=1S/C10H21NO/c1-9(2)12-7-6-11-5-4-10(3)8-11/h9-10H,4-8H2,1-3H3. The summed E-state index contributed by atoms with van der Waals surface area (Å²) in [6.45, 7) is 11.0. The molecule has 1 heterocycles. The van der Waals surface area contributed by atoms with E-state index in [0.29, 0.717) is 6.10 Å². The van der Waals surface area contributed by atoms with E-state index in [1.54, 1.807) is 0 Å². The highest BCUT2D eigenvalue weighted by Crippen LogP contribution is 2.13. The van der Waals surface area contributed by atoms with Crippen molar-refractivity contribution in [3.05, 3.63) is 0 Å². The molecule has 0 aromatic carbocycles. The Morgan fingerprint density at radius 2 is 2.25 bits per heavy atom. The predicted molar refractivity (Wildman–Crippen MR) is 51.3 cm³/mol. The van der Waals surface area contributed by atoms with E-state index in [9.17, 15) is 0 Å². The van der Waals surface area contributed by atoms with E-state index in [0.717, 1.165) is 19.1 Å². The summed E-state index contributed by atoms with van der Waals surface area (Å²) in [5.41, 5.74) is 0. The van der Waals surface area contributed by atoms with Gasteiger partial charge in [0.1, 0.15) is 0 Å². The SMILES string of the molecule is CC1CCN(CCOC(C)C)C1. The summed E-state index contributed by atoms with van der Waals surface area (Å²) >= 11 is 0. The van der Waals surface area contributed by atoms with E-state index in [4.69, 9.17) is 4.74 Å². The monoisotopic (exact) mass is 171 g/mol. The molecule has 1 aliphatic heterocycles. The fraction of sp³-hybridized carbons (Fsp3) is 1.00. The van der Waals surface area contributed by atoms with Gasteiger partial charge in [-0.05, 0) is 32.7 Å². The maximum absolute atomic E-state index is 5.50. The first-order valence-corrected chi connectivity index (χ1v) is 5.02. The average Bonchev–Trinajstić information content (AvgIpc) is 2.35. The van der Waals surface area contributed by atoms with Gasteiger partial charge in [-0.2, -0.15) is 0 Å². The van der Waals surface area contributed by atoms with Crippen LogP contribution in [0.3, 0.4) is 0 Å². The largest absolute Gasteiger partial charge is 0.377 e. The molecule has 72 valence electrons. The first-order valence-electron chi connectivity index (χ1n) is 5.02. The number of hydrogen-bond donors (Lipinski definition) is 0. The van der Waals surface area contributed by atoms with E-state index in [2.05, 4.69) is 25.7 Å². The van der Waals surface area contributed by atoms with Crippen LogP contribution in [-0.2, 0) is 4.74 Å². The van der Waals surface area contributed by atoms with Crippen LogP contribution in [0.1, 0.15) is 27.2 Å². The molecular formula is C10H21NO. The van der Waals surface area contributed by atoms with E-state index >= 15 is 0 Å². The molecule has 0 radical (unpaired) electrons. The van der Waals surface area contributed by atoms with Gasteiger partial charge in [0.25, 0.3) is 0 Å². The Hall–Kier alpha value is -0.0800. The summed E-state index contributed by atoms with van der Waals surface area (Å²) in [5.74, 6) is 0.893. The zero-order chi connectivity index (χ0) is 8.97. The normalized spacial score (nSPS) is 25.5. The Labute approximate surface area is 75.9 Å². The lowest BCUT2D eigenvalue weighted by Gasteiger charge is -2.16. The van der Waals surface area contributed by atoms with Crippen molar-refractivity contribution in [3.63, 3.8) is 0 Å². The van der Waals surface area contributed by atoms with Crippen LogP contribution in [0, 0.1) is 5.92 Å². The Bertz CT molecular complexity index is 125. The van der Waals surface area contributed by atoms with Gasteiger partial charge >= 0.3 is 0 Å². The van der Waals surface area contributed by atoms with Gasteiger partial charge in [-0.15, -0.1) is 0 Å². The summed E-state index contributed by atoms with van der Waals surface area (Å²) < 4.78 is 5.50. The molecule has 12 heavy (non-hydrogen) atoms. The maximum atomic E-state index is 5.50. The number of rotatable bonds is 4. The third-order valence-electron chi connectivity index (χ3n) is 2.37. The van der Waals surface area contributed by atoms with Crippen molar-refractivity contribution in [2.24, 2.45) is 5.92 Å². The van der Waals surface area contributed by atoms with Crippen LogP contribution < -0.4 is 0 Å². The second-order valence-electron chi connectivity index (χ2n) is 4.11. The van der Waals surface area contributed by atoms with Gasteiger partial charge in [0.15, 0.2) is 0 Å². The van der Waals surface area contributed by atoms with Crippen LogP contribution in [0.5, 0.6) is 0 Å². The third-order valence-corrected chi connectivity index (χ3v) is 2.37. The van der Waals surface area contributed by atoms with Gasteiger partial charge in [-0.1, -0.05) is 6.92 Å². The Kier molecular flexibility index (Phi) is 4.02. The van der Waals surface area contributed by atoms with Crippen LogP contribution >= 0.6 is 0 Å². The number of nitrogens with zero attached hydrogens (tertiary/aromatic N) is 1. The Balaban J connectivity index is 2.00. The maximum Gasteiger partial charge on any atom is 0.0596 e. The van der Waals surface area contributed by atoms with Crippen molar-refractivity contribution < 1.29 is 4.74 Å². The molecular weight excluding hydrogens is 150 g/mol. The number of likely N-dealkylation sites (tertiary alicyclic amines) is 1. The molecule has 1 atom stereocenters. The minimum atomic E-state index is 0.380. The molecule has 0 bridgehead atoms. The van der Waals surface area contributed by atoms with Crippen LogP contribution in [0.2, 0.25) is 0 Å². The van der Waals surface area contributed by atoms with E-state index in [-0.39, 0.29) is 0 Å². The highest BCUT2D eigenvalue weighted by atomic mass is 16.5. The fourth-order valence-corrected chi connectivity index (χ4v) is 1.65. The lowest BCUT2D eigenvalue weighted by atomic mass is 10.2. The first-order chi connectivity index (χ1) is 5.68. The van der Waals surface area contributed by atoms with Gasteiger partial charge in [0.05, 0.1) is 12.7 Å². The Morgan fingerprint density at radius 3 is 2.75 bits per heavy atom. The minimum absolute atomic E-state index is 0.380. The molecule has 2 heteroatoms. The van der Waals surface area contributed by atoms with Crippen molar-refractivity contribution in [3.8, 4) is 0 Å². The highest BCUT2D eigenvalue weighted by molar-refractivity contribution is 4.71. The Morgan fingerprint density at radius 1 is 1.50 bits per heavy atom. The van der Waals surface area contributed by atoms with Gasteiger partial charge in [0, 0.05) is 13.1 Å². The van der Waals surface area contributed by atoms with Gasteiger partial charge in [-0.3, -0.25) is 0 Å². The molecule has 1 saturated heterocycles. The molecule has 1 fully saturated rings. The van der Waals surface area contributed by atoms with E-state index < -0.39 is 0 Å². The van der Waals surface area contributed by atoms with E-state index in [1.165, 1.54) is 19.5 Å². The minimum Gasteiger partial charge on any atom is -0.377 e. The van der Waals surface area contributed by atoms with Crippen molar-refractivity contribution >= 4 is 0 Å². The lowest BCUT2D eigenvalue weighted by Crippen LogP contribution is -2.25. The van der Waals surface area contributed by atoms with Gasteiger partial charge in [0.2, 0.25) is 0 Å². The topological polar surface area (TPSA) is 12.5 Å². The van der Waals surface area contributed by atoms with Crippen LogP contribution in [0.15, 0.2) is 0 Å². The third kappa shape index (κ3) is 3.55. The smallest absolute Gasteiger partial charge is 0.0596 e. The summed E-state index contributed by atoms with van der Waals surface area (Å²) in [6.07, 6.45) is 1.74. The zero-order valence-corrected chi connectivity index (χ0v) is 8.55. The van der Waals surface area contributed by atoms with Crippen molar-refractivity contribution in [1.82, 2.24) is 4.90 Å². The quantitative estimate of drug-likeness (QED) is 0.639. The van der Waals surface area contributed by atoms with Crippen LogP contribution in [0.25, 0.3) is 0 Å². The van der Waals surface area contributed by atoms with Crippen LogP contribution in [-0.4, -0.2) is 37.2 Å². The van der Waals surface area contributed by atoms with Crippen LogP contribution in [0.4, 0.5) is 0 Å². The number of hydrogen-bond acceptors (Lipinski definition) is 2. The molecule has 1 aliphatic rings.